The van der Waals surface area contributed by atoms with Gasteiger partial charge in [0.05, 0.1) is 6.04 Å². The third-order valence-corrected chi connectivity index (χ3v) is 16.5. The number of benzene rings is 10. The lowest BCUT2D eigenvalue weighted by Crippen LogP contribution is -2.30. The molecule has 372 valence electrons. The molecule has 1 N–H and O–H groups in total. The highest BCUT2D eigenvalue weighted by Gasteiger charge is 2.40. The van der Waals surface area contributed by atoms with Crippen molar-refractivity contribution in [1.29, 1.82) is 0 Å². The third kappa shape index (κ3) is 7.32. The predicted octanol–water partition coefficient (Wildman–Crippen LogP) is 19.9. The van der Waals surface area contributed by atoms with E-state index in [0.717, 1.165) is 102 Å². The van der Waals surface area contributed by atoms with Crippen molar-refractivity contribution in [1.82, 2.24) is 0 Å². The molecular formula is C74H53NO3. The Balaban J connectivity index is 0.938. The van der Waals surface area contributed by atoms with E-state index < -0.39 is 6.10 Å². The van der Waals surface area contributed by atoms with Gasteiger partial charge in [0.2, 0.25) is 0 Å². The number of rotatable bonds is 9. The van der Waals surface area contributed by atoms with E-state index in [1.807, 2.05) is 31.2 Å². The van der Waals surface area contributed by atoms with Gasteiger partial charge in [-0.15, -0.1) is 0 Å². The molecule has 0 fully saturated rings. The number of hydrogen-bond acceptors (Lipinski definition) is 4. The third-order valence-electron chi connectivity index (χ3n) is 16.5. The molecule has 10 aromatic carbocycles. The van der Waals surface area contributed by atoms with E-state index in [4.69, 9.17) is 8.83 Å². The van der Waals surface area contributed by atoms with Gasteiger partial charge >= 0.3 is 0 Å². The second kappa shape index (κ2) is 18.7. The summed E-state index contributed by atoms with van der Waals surface area (Å²) in [5.74, 6) is 0.521. The molecule has 3 aliphatic rings. The number of para-hydroxylation sites is 3. The number of hydrogen-bond donors (Lipinski definition) is 1. The predicted molar refractivity (Wildman–Crippen MR) is 325 cm³/mol. The average Bonchev–Trinajstić information content (AvgIpc) is 4.33. The van der Waals surface area contributed by atoms with Crippen molar-refractivity contribution in [2.24, 2.45) is 0 Å². The van der Waals surface area contributed by atoms with Crippen molar-refractivity contribution >= 4 is 77.5 Å². The molecule has 15 rings (SSSR count). The van der Waals surface area contributed by atoms with Gasteiger partial charge in [-0.25, -0.2) is 0 Å². The summed E-state index contributed by atoms with van der Waals surface area (Å²) in [4.78, 5) is 2.52. The van der Waals surface area contributed by atoms with Gasteiger partial charge in [0.1, 0.15) is 28.6 Å². The maximum Gasteiger partial charge on any atom is 0.145 e. The minimum Gasteiger partial charge on any atom is -0.457 e. The van der Waals surface area contributed by atoms with Gasteiger partial charge < -0.3 is 18.8 Å². The molecule has 4 nitrogen and oxygen atoms in total. The Morgan fingerprint density at radius 1 is 0.513 bits per heavy atom. The fraction of sp³-hybridized carbons (Fsp3) is 0.0811. The first-order valence-electron chi connectivity index (χ1n) is 27.3. The molecule has 0 saturated heterocycles. The van der Waals surface area contributed by atoms with Crippen molar-refractivity contribution in [3.8, 4) is 44.5 Å². The Hall–Kier alpha value is -9.48. The van der Waals surface area contributed by atoms with Crippen LogP contribution in [0.2, 0.25) is 0 Å². The molecular weight excluding hydrogens is 951 g/mol. The van der Waals surface area contributed by atoms with Crippen LogP contribution in [0.1, 0.15) is 54.2 Å². The van der Waals surface area contributed by atoms with E-state index in [-0.39, 0.29) is 12.0 Å². The zero-order chi connectivity index (χ0) is 51.8. The zero-order valence-corrected chi connectivity index (χ0v) is 43.1. The van der Waals surface area contributed by atoms with Crippen LogP contribution in [-0.2, 0) is 0 Å². The molecule has 3 unspecified atom stereocenters. The van der Waals surface area contributed by atoms with Crippen LogP contribution in [0.4, 0.5) is 11.4 Å². The Morgan fingerprint density at radius 3 is 1.76 bits per heavy atom. The maximum absolute atomic E-state index is 12.8. The van der Waals surface area contributed by atoms with Gasteiger partial charge in [0.15, 0.2) is 0 Å². The minimum atomic E-state index is -1.04. The molecule has 3 heterocycles. The van der Waals surface area contributed by atoms with Gasteiger partial charge in [-0.2, -0.15) is 0 Å². The highest BCUT2D eigenvalue weighted by Crippen LogP contribution is 2.53. The summed E-state index contributed by atoms with van der Waals surface area (Å²) in [6.07, 6.45) is 18.8. The van der Waals surface area contributed by atoms with E-state index in [1.165, 1.54) is 49.4 Å². The first kappa shape index (κ1) is 45.9. The van der Waals surface area contributed by atoms with Crippen molar-refractivity contribution in [3.63, 3.8) is 0 Å². The molecule has 3 atom stereocenters. The molecule has 2 aliphatic carbocycles. The molecule has 4 heteroatoms. The van der Waals surface area contributed by atoms with Crippen LogP contribution in [0.25, 0.3) is 111 Å². The molecule has 1 aliphatic heterocycles. The second-order valence-corrected chi connectivity index (χ2v) is 20.9. The van der Waals surface area contributed by atoms with Crippen LogP contribution in [0, 0.1) is 0 Å². The van der Waals surface area contributed by atoms with Crippen LogP contribution in [-0.4, -0.2) is 11.1 Å². The summed E-state index contributed by atoms with van der Waals surface area (Å²) in [5, 5.41) is 20.9. The van der Waals surface area contributed by atoms with Crippen LogP contribution in [0.5, 0.6) is 0 Å². The van der Waals surface area contributed by atoms with E-state index in [9.17, 15) is 5.11 Å². The van der Waals surface area contributed by atoms with Crippen molar-refractivity contribution in [2.75, 3.05) is 4.90 Å². The van der Waals surface area contributed by atoms with E-state index in [0.29, 0.717) is 5.76 Å². The SMILES string of the molecule is CC=Cc1c(C(O)C2=CC3C(C=C2)c2ccc(-c4cccc5c4oc4c(-c6ccccc6)cccc45)cc2N3c2ccc3c(C4=CCCC=C4)c4ccccc4c(-c4ccccc4)c3c2)oc2c(-c3ccccc3)cccc12. The first-order valence-corrected chi connectivity index (χ1v) is 27.3. The highest BCUT2D eigenvalue weighted by atomic mass is 16.4. The molecule has 0 bridgehead atoms. The van der Waals surface area contributed by atoms with Crippen LogP contribution >= 0.6 is 0 Å². The number of nitrogens with zero attached hydrogens (tertiary/aromatic N) is 1. The zero-order valence-electron chi connectivity index (χ0n) is 43.1. The summed E-state index contributed by atoms with van der Waals surface area (Å²) in [6, 6.07) is 73.8. The summed E-state index contributed by atoms with van der Waals surface area (Å²) >= 11 is 0. The van der Waals surface area contributed by atoms with Crippen LogP contribution in [0.15, 0.2) is 263 Å². The number of allylic oxidation sites excluding steroid dienone is 5. The van der Waals surface area contributed by atoms with E-state index in [1.54, 1.807) is 0 Å². The molecule has 0 spiro atoms. The van der Waals surface area contributed by atoms with Gasteiger partial charge in [0, 0.05) is 55.7 Å². The average molecular weight is 1000 g/mol. The smallest absolute Gasteiger partial charge is 0.145 e. The number of anilines is 2. The fourth-order valence-electron chi connectivity index (χ4n) is 13.0. The fourth-order valence-corrected chi connectivity index (χ4v) is 13.0. The molecule has 0 saturated carbocycles. The van der Waals surface area contributed by atoms with Gasteiger partial charge in [-0.1, -0.05) is 237 Å². The van der Waals surface area contributed by atoms with Crippen LogP contribution < -0.4 is 4.90 Å². The Kier molecular flexibility index (Phi) is 11.0. The molecule has 0 radical (unpaired) electrons. The topological polar surface area (TPSA) is 49.8 Å². The normalized spacial score (nSPS) is 16.4. The summed E-state index contributed by atoms with van der Waals surface area (Å²) in [5.41, 5.74) is 18.9. The lowest BCUT2D eigenvalue weighted by atomic mass is 9.84. The number of furan rings is 2. The summed E-state index contributed by atoms with van der Waals surface area (Å²) in [6.45, 7) is 2.01. The largest absolute Gasteiger partial charge is 0.457 e. The molecule has 78 heavy (non-hydrogen) atoms. The standard InChI is InChI=1S/C74H53NO3/c1-2-20-61-62-34-17-32-54(47-23-9-4-10-24-47)72(62)78-74(61)70(76)51-38-41-57-56-40-37-50(55-33-19-36-64-63-35-18-31-53(71(63)77-73(55)64)46-21-7-3-8-22-46)43-66(56)75(67(57)44-51)52-39-42-60-65(45-52)69(49-27-13-6-14-28-49)59-30-16-15-29-58(59)68(60)48-25-11-5-12-26-48/h2-4,6-11,13-45,57,67,70,76H,5,12H2,1H3. The van der Waals surface area contributed by atoms with Crippen molar-refractivity contribution < 1.29 is 13.9 Å². The summed E-state index contributed by atoms with van der Waals surface area (Å²) < 4.78 is 13.9. The van der Waals surface area contributed by atoms with Crippen molar-refractivity contribution in [3.05, 3.63) is 277 Å². The lowest BCUT2D eigenvalue weighted by Gasteiger charge is -2.31. The van der Waals surface area contributed by atoms with Crippen LogP contribution in [0.3, 0.4) is 0 Å². The first-order chi connectivity index (χ1) is 38.6. The quantitative estimate of drug-likeness (QED) is 0.146. The lowest BCUT2D eigenvalue weighted by molar-refractivity contribution is 0.190. The van der Waals surface area contributed by atoms with E-state index >= 15 is 0 Å². The number of aliphatic hydroxyl groups is 1. The Bertz CT molecular complexity index is 4530. The van der Waals surface area contributed by atoms with Gasteiger partial charge in [-0.3, -0.25) is 0 Å². The Labute approximate surface area is 453 Å². The maximum atomic E-state index is 12.8. The molecule has 0 amide bonds. The minimum absolute atomic E-state index is 0.00947. The summed E-state index contributed by atoms with van der Waals surface area (Å²) in [7, 11) is 0. The monoisotopic (exact) mass is 1000 g/mol. The van der Waals surface area contributed by atoms with Gasteiger partial charge in [-0.05, 0) is 110 Å². The van der Waals surface area contributed by atoms with E-state index in [2.05, 4.69) is 235 Å². The molecule has 2 aromatic heterocycles. The highest BCUT2D eigenvalue weighted by molar-refractivity contribution is 6.20. The molecule has 12 aromatic rings. The van der Waals surface area contributed by atoms with Crippen molar-refractivity contribution in [2.45, 2.75) is 37.8 Å². The number of fused-ring (bicyclic) bond motifs is 9. The van der Waals surface area contributed by atoms with Gasteiger partial charge in [0.25, 0.3) is 0 Å². The second-order valence-electron chi connectivity index (χ2n) is 20.9. The Morgan fingerprint density at radius 2 is 1.10 bits per heavy atom. The number of aliphatic hydroxyl groups excluding tert-OH is 1.